The minimum absolute atomic E-state index is 0.640. The van der Waals surface area contributed by atoms with Crippen LogP contribution in [-0.2, 0) is 6.42 Å². The molecule has 0 amide bonds. The number of nitrogens with zero attached hydrogens (tertiary/aromatic N) is 1. The highest BCUT2D eigenvalue weighted by molar-refractivity contribution is 5.87. The van der Waals surface area contributed by atoms with Gasteiger partial charge in [0.05, 0.1) is 17.9 Å². The van der Waals surface area contributed by atoms with Crippen LogP contribution in [0.4, 0.5) is 11.4 Å². The molecular weight excluding hydrogens is 176 g/mol. The molecule has 14 heavy (non-hydrogen) atoms. The molecule has 1 aromatic carbocycles. The third-order valence-corrected chi connectivity index (χ3v) is 2.33. The standard InChI is InChI=1S/C10H14N4/c11-8-3-1-2-7(10(8)12)6-9-13-4-5-14-9/h1-3H,4-6,11-12H2,(H,13,14). The fourth-order valence-electron chi connectivity index (χ4n) is 1.53. The fraction of sp³-hybridized carbons (Fsp3) is 0.300. The summed E-state index contributed by atoms with van der Waals surface area (Å²) in [7, 11) is 0. The Morgan fingerprint density at radius 2 is 2.21 bits per heavy atom. The molecule has 0 radical (unpaired) electrons. The van der Waals surface area contributed by atoms with Gasteiger partial charge in [-0.05, 0) is 11.6 Å². The molecule has 4 nitrogen and oxygen atoms in total. The van der Waals surface area contributed by atoms with Gasteiger partial charge >= 0.3 is 0 Å². The zero-order valence-electron chi connectivity index (χ0n) is 7.96. The number of amidine groups is 1. The van der Waals surface area contributed by atoms with Crippen LogP contribution in [-0.4, -0.2) is 18.9 Å². The lowest BCUT2D eigenvalue weighted by Crippen LogP contribution is -2.21. The van der Waals surface area contributed by atoms with E-state index in [4.69, 9.17) is 11.5 Å². The van der Waals surface area contributed by atoms with Crippen LogP contribution in [0.3, 0.4) is 0 Å². The molecule has 0 fully saturated rings. The zero-order chi connectivity index (χ0) is 9.97. The van der Waals surface area contributed by atoms with Gasteiger partial charge in [-0.25, -0.2) is 0 Å². The Balaban J connectivity index is 2.20. The molecule has 5 N–H and O–H groups in total. The molecule has 0 bridgehead atoms. The van der Waals surface area contributed by atoms with Crippen LogP contribution >= 0.6 is 0 Å². The van der Waals surface area contributed by atoms with E-state index in [-0.39, 0.29) is 0 Å². The van der Waals surface area contributed by atoms with E-state index >= 15 is 0 Å². The maximum Gasteiger partial charge on any atom is 0.101 e. The Morgan fingerprint density at radius 3 is 2.93 bits per heavy atom. The van der Waals surface area contributed by atoms with Gasteiger partial charge in [-0.3, -0.25) is 4.99 Å². The molecule has 0 saturated carbocycles. The first kappa shape index (κ1) is 8.87. The van der Waals surface area contributed by atoms with Gasteiger partial charge in [-0.15, -0.1) is 0 Å². The van der Waals surface area contributed by atoms with Gasteiger partial charge in [0.1, 0.15) is 5.84 Å². The van der Waals surface area contributed by atoms with Crippen molar-refractivity contribution in [3.8, 4) is 0 Å². The van der Waals surface area contributed by atoms with Crippen LogP contribution in [0.5, 0.6) is 0 Å². The van der Waals surface area contributed by atoms with E-state index in [9.17, 15) is 0 Å². The van der Waals surface area contributed by atoms with Gasteiger partial charge in [0, 0.05) is 13.0 Å². The summed E-state index contributed by atoms with van der Waals surface area (Å²) in [6.45, 7) is 1.79. The largest absolute Gasteiger partial charge is 0.397 e. The molecule has 1 heterocycles. The van der Waals surface area contributed by atoms with Crippen LogP contribution in [0, 0.1) is 0 Å². The predicted octanol–water partition coefficient (Wildman–Crippen LogP) is 0.395. The third kappa shape index (κ3) is 1.64. The maximum atomic E-state index is 5.85. The molecule has 0 unspecified atom stereocenters. The van der Waals surface area contributed by atoms with Crippen LogP contribution in [0.25, 0.3) is 0 Å². The monoisotopic (exact) mass is 190 g/mol. The van der Waals surface area contributed by atoms with Crippen molar-refractivity contribution >= 4 is 17.2 Å². The Kier molecular flexibility index (Phi) is 2.26. The van der Waals surface area contributed by atoms with E-state index in [1.54, 1.807) is 0 Å². The molecule has 0 saturated heterocycles. The molecule has 0 aliphatic carbocycles. The molecule has 1 aliphatic heterocycles. The predicted molar refractivity (Wildman–Crippen MR) is 59.3 cm³/mol. The highest BCUT2D eigenvalue weighted by atomic mass is 15.1. The molecule has 0 atom stereocenters. The molecule has 0 aromatic heterocycles. The van der Waals surface area contributed by atoms with E-state index in [2.05, 4.69) is 10.3 Å². The van der Waals surface area contributed by atoms with Crippen molar-refractivity contribution in [1.82, 2.24) is 5.32 Å². The van der Waals surface area contributed by atoms with Crippen molar-refractivity contribution in [1.29, 1.82) is 0 Å². The molecule has 74 valence electrons. The summed E-state index contributed by atoms with van der Waals surface area (Å²) in [4.78, 5) is 4.31. The first-order valence-corrected chi connectivity index (χ1v) is 4.67. The first-order valence-electron chi connectivity index (χ1n) is 4.67. The second kappa shape index (κ2) is 3.57. The summed E-state index contributed by atoms with van der Waals surface area (Å²) in [6, 6.07) is 5.70. The fourth-order valence-corrected chi connectivity index (χ4v) is 1.53. The van der Waals surface area contributed by atoms with E-state index in [1.807, 2.05) is 18.2 Å². The number of hydrogen-bond donors (Lipinski definition) is 3. The highest BCUT2D eigenvalue weighted by Gasteiger charge is 2.08. The first-order chi connectivity index (χ1) is 6.77. The van der Waals surface area contributed by atoms with E-state index in [0.29, 0.717) is 11.4 Å². The van der Waals surface area contributed by atoms with Crippen molar-refractivity contribution in [2.24, 2.45) is 4.99 Å². The summed E-state index contributed by atoms with van der Waals surface area (Å²) in [5.41, 5.74) is 13.9. The molecule has 1 aromatic rings. The molecule has 4 heteroatoms. The van der Waals surface area contributed by atoms with Crippen molar-refractivity contribution in [2.45, 2.75) is 6.42 Å². The quantitative estimate of drug-likeness (QED) is 0.591. The normalized spacial score (nSPS) is 15.0. The lowest BCUT2D eigenvalue weighted by molar-refractivity contribution is 0.953. The van der Waals surface area contributed by atoms with Gasteiger partial charge < -0.3 is 16.8 Å². The van der Waals surface area contributed by atoms with Crippen molar-refractivity contribution in [3.63, 3.8) is 0 Å². The average Bonchev–Trinajstić information content (AvgIpc) is 2.66. The number of hydrogen-bond acceptors (Lipinski definition) is 4. The lowest BCUT2D eigenvalue weighted by Gasteiger charge is -2.08. The van der Waals surface area contributed by atoms with E-state index < -0.39 is 0 Å². The maximum absolute atomic E-state index is 5.85. The molecule has 1 aliphatic rings. The van der Waals surface area contributed by atoms with Crippen LogP contribution in [0.2, 0.25) is 0 Å². The lowest BCUT2D eigenvalue weighted by atomic mass is 10.1. The molecule has 2 rings (SSSR count). The SMILES string of the molecule is Nc1cccc(CC2=NCCN2)c1N. The third-order valence-electron chi connectivity index (χ3n) is 2.33. The molecular formula is C10H14N4. The number of anilines is 2. The smallest absolute Gasteiger partial charge is 0.101 e. The summed E-state index contributed by atoms with van der Waals surface area (Å²) in [5.74, 6) is 1.00. The van der Waals surface area contributed by atoms with Gasteiger partial charge in [0.25, 0.3) is 0 Å². The minimum Gasteiger partial charge on any atom is -0.397 e. The second-order valence-corrected chi connectivity index (χ2v) is 3.35. The van der Waals surface area contributed by atoms with E-state index in [0.717, 1.165) is 30.9 Å². The Labute approximate surface area is 83.0 Å². The number of para-hydroxylation sites is 1. The van der Waals surface area contributed by atoms with Gasteiger partial charge in [-0.1, -0.05) is 12.1 Å². The summed E-state index contributed by atoms with van der Waals surface area (Å²) in [5, 5.41) is 3.21. The van der Waals surface area contributed by atoms with Crippen molar-refractivity contribution < 1.29 is 0 Å². The molecule has 0 spiro atoms. The number of aliphatic imine (C=N–C) groups is 1. The van der Waals surface area contributed by atoms with Crippen molar-refractivity contribution in [3.05, 3.63) is 23.8 Å². The van der Waals surface area contributed by atoms with Gasteiger partial charge in [-0.2, -0.15) is 0 Å². The van der Waals surface area contributed by atoms with Gasteiger partial charge in [0.2, 0.25) is 0 Å². The number of benzene rings is 1. The Bertz CT molecular complexity index is 370. The number of nitrogen functional groups attached to an aromatic ring is 2. The number of nitrogens with one attached hydrogen (secondary N) is 1. The van der Waals surface area contributed by atoms with Gasteiger partial charge in [0.15, 0.2) is 0 Å². The average molecular weight is 190 g/mol. The minimum atomic E-state index is 0.640. The second-order valence-electron chi connectivity index (χ2n) is 3.35. The highest BCUT2D eigenvalue weighted by Crippen LogP contribution is 2.20. The summed E-state index contributed by atoms with van der Waals surface area (Å²) in [6.07, 6.45) is 0.747. The Hall–Kier alpha value is -1.71. The van der Waals surface area contributed by atoms with Crippen LogP contribution < -0.4 is 16.8 Å². The van der Waals surface area contributed by atoms with E-state index in [1.165, 1.54) is 0 Å². The zero-order valence-corrected chi connectivity index (χ0v) is 7.96. The van der Waals surface area contributed by atoms with Crippen LogP contribution in [0.1, 0.15) is 5.56 Å². The topological polar surface area (TPSA) is 76.4 Å². The summed E-state index contributed by atoms with van der Waals surface area (Å²) >= 11 is 0. The van der Waals surface area contributed by atoms with Crippen molar-refractivity contribution in [2.75, 3.05) is 24.6 Å². The number of rotatable bonds is 2. The van der Waals surface area contributed by atoms with Crippen LogP contribution in [0.15, 0.2) is 23.2 Å². The summed E-state index contributed by atoms with van der Waals surface area (Å²) < 4.78 is 0. The number of nitrogens with two attached hydrogens (primary N) is 2. The Morgan fingerprint density at radius 1 is 1.36 bits per heavy atom.